The summed E-state index contributed by atoms with van der Waals surface area (Å²) in [7, 11) is -3.69. The molecule has 0 radical (unpaired) electrons. The first kappa shape index (κ1) is 13.7. The fourth-order valence-electron chi connectivity index (χ4n) is 1.97. The van der Waals surface area contributed by atoms with Crippen LogP contribution in [0.25, 0.3) is 0 Å². The molecule has 2 heterocycles. The van der Waals surface area contributed by atoms with Crippen molar-refractivity contribution in [1.29, 1.82) is 0 Å². The first-order valence-corrected chi connectivity index (χ1v) is 7.90. The molecule has 0 saturated carbocycles. The Bertz CT molecular complexity index is 604. The predicted molar refractivity (Wildman–Crippen MR) is 68.4 cm³/mol. The van der Waals surface area contributed by atoms with Gasteiger partial charge < -0.3 is 9.72 Å². The molecule has 1 aromatic heterocycles. The number of hydrogen-bond acceptors (Lipinski definition) is 5. The molecule has 1 aliphatic rings. The maximum Gasteiger partial charge on any atom is 0.305 e. The fraction of sp³-hybridized carbons (Fsp3) is 0.700. The summed E-state index contributed by atoms with van der Waals surface area (Å²) in [6, 6.07) is 0. The second kappa shape index (κ2) is 4.44. The van der Waals surface area contributed by atoms with Gasteiger partial charge in [-0.2, -0.15) is 0 Å². The second-order valence-electron chi connectivity index (χ2n) is 4.71. The zero-order valence-corrected chi connectivity index (χ0v) is 12.1. The molecule has 1 fully saturated rings. The summed E-state index contributed by atoms with van der Waals surface area (Å²) in [6.07, 6.45) is 0.425. The number of aromatic nitrogens is 1. The van der Waals surface area contributed by atoms with E-state index in [0.29, 0.717) is 30.1 Å². The number of aryl methyl sites for hydroxylation is 1. The highest BCUT2D eigenvalue weighted by Gasteiger charge is 2.41. The van der Waals surface area contributed by atoms with Crippen molar-refractivity contribution in [2.45, 2.75) is 43.0 Å². The van der Waals surface area contributed by atoms with Crippen molar-refractivity contribution >= 4 is 21.4 Å². The SMILES string of the molecule is Cc1[nH]c(=O)sc1S(=O)(=O)NC1(C)CCOC1C. The summed E-state index contributed by atoms with van der Waals surface area (Å²) in [5.41, 5.74) is -0.258. The van der Waals surface area contributed by atoms with Gasteiger partial charge >= 0.3 is 4.87 Å². The van der Waals surface area contributed by atoms with E-state index in [9.17, 15) is 13.2 Å². The third-order valence-corrected chi connectivity index (χ3v) is 6.50. The van der Waals surface area contributed by atoms with Crippen LogP contribution in [0.3, 0.4) is 0 Å². The van der Waals surface area contributed by atoms with E-state index in [-0.39, 0.29) is 15.2 Å². The van der Waals surface area contributed by atoms with Crippen molar-refractivity contribution in [2.24, 2.45) is 0 Å². The number of rotatable bonds is 3. The lowest BCUT2D eigenvalue weighted by molar-refractivity contribution is 0.0957. The quantitative estimate of drug-likeness (QED) is 0.853. The lowest BCUT2D eigenvalue weighted by atomic mass is 9.97. The molecule has 1 aliphatic heterocycles. The number of H-pyrrole nitrogens is 1. The lowest BCUT2D eigenvalue weighted by Crippen LogP contribution is -2.50. The predicted octanol–water partition coefficient (Wildman–Crippen LogP) is 0.591. The Labute approximate surface area is 109 Å². The van der Waals surface area contributed by atoms with Crippen LogP contribution < -0.4 is 9.60 Å². The Kier molecular flexibility index (Phi) is 3.39. The van der Waals surface area contributed by atoms with E-state index in [4.69, 9.17) is 4.74 Å². The van der Waals surface area contributed by atoms with E-state index in [1.54, 1.807) is 6.92 Å². The minimum absolute atomic E-state index is 0.0489. The summed E-state index contributed by atoms with van der Waals surface area (Å²) in [4.78, 5) is 13.3. The first-order chi connectivity index (χ1) is 8.24. The average Bonchev–Trinajstić information content (AvgIpc) is 2.71. The Morgan fingerprint density at radius 1 is 1.56 bits per heavy atom. The van der Waals surface area contributed by atoms with Crippen molar-refractivity contribution < 1.29 is 13.2 Å². The molecule has 2 unspecified atom stereocenters. The van der Waals surface area contributed by atoms with Crippen LogP contribution in [0.1, 0.15) is 26.0 Å². The van der Waals surface area contributed by atoms with Crippen LogP contribution in [0.2, 0.25) is 0 Å². The second-order valence-corrected chi connectivity index (χ2v) is 7.57. The molecule has 6 nitrogen and oxygen atoms in total. The van der Waals surface area contributed by atoms with Crippen molar-refractivity contribution in [1.82, 2.24) is 9.71 Å². The number of nitrogens with one attached hydrogen (secondary N) is 2. The van der Waals surface area contributed by atoms with E-state index >= 15 is 0 Å². The average molecular weight is 292 g/mol. The Morgan fingerprint density at radius 2 is 2.22 bits per heavy atom. The topological polar surface area (TPSA) is 88.3 Å². The number of sulfonamides is 1. The van der Waals surface area contributed by atoms with Gasteiger partial charge in [0.2, 0.25) is 0 Å². The molecule has 8 heteroatoms. The molecule has 2 rings (SSSR count). The van der Waals surface area contributed by atoms with Gasteiger partial charge in [0.25, 0.3) is 10.0 Å². The fourth-order valence-corrected chi connectivity index (χ4v) is 4.77. The van der Waals surface area contributed by atoms with Crippen LogP contribution in [0.5, 0.6) is 0 Å². The third-order valence-electron chi connectivity index (χ3n) is 3.28. The van der Waals surface area contributed by atoms with Gasteiger partial charge in [0, 0.05) is 12.3 Å². The summed E-state index contributed by atoms with van der Waals surface area (Å²) >= 11 is 0.702. The molecular formula is C10H16N2O4S2. The molecule has 0 spiro atoms. The minimum Gasteiger partial charge on any atom is -0.376 e. The van der Waals surface area contributed by atoms with Gasteiger partial charge in [-0.1, -0.05) is 11.3 Å². The molecule has 2 N–H and O–H groups in total. The maximum absolute atomic E-state index is 12.3. The van der Waals surface area contributed by atoms with Crippen LogP contribution in [-0.4, -0.2) is 31.7 Å². The highest BCUT2D eigenvalue weighted by molar-refractivity contribution is 7.91. The van der Waals surface area contributed by atoms with Crippen LogP contribution in [-0.2, 0) is 14.8 Å². The van der Waals surface area contributed by atoms with Crippen molar-refractivity contribution in [3.63, 3.8) is 0 Å². The molecular weight excluding hydrogens is 276 g/mol. The molecule has 0 bridgehead atoms. The number of ether oxygens (including phenoxy) is 1. The summed E-state index contributed by atoms with van der Waals surface area (Å²) < 4.78 is 32.6. The van der Waals surface area contributed by atoms with Gasteiger partial charge in [0.05, 0.1) is 11.6 Å². The molecule has 2 atom stereocenters. The Balaban J connectivity index is 2.33. The van der Waals surface area contributed by atoms with Crippen LogP contribution in [0.15, 0.2) is 9.00 Å². The molecule has 102 valence electrons. The van der Waals surface area contributed by atoms with Gasteiger partial charge in [-0.05, 0) is 27.2 Å². The van der Waals surface area contributed by atoms with Crippen LogP contribution >= 0.6 is 11.3 Å². The molecule has 1 saturated heterocycles. The smallest absolute Gasteiger partial charge is 0.305 e. The molecule has 0 amide bonds. The Morgan fingerprint density at radius 3 is 2.67 bits per heavy atom. The van der Waals surface area contributed by atoms with Crippen molar-refractivity contribution in [2.75, 3.05) is 6.61 Å². The summed E-state index contributed by atoms with van der Waals surface area (Å²) in [5, 5.41) is 0. The highest BCUT2D eigenvalue weighted by atomic mass is 32.2. The van der Waals surface area contributed by atoms with E-state index in [0.717, 1.165) is 0 Å². The minimum atomic E-state index is -3.69. The highest BCUT2D eigenvalue weighted by Crippen LogP contribution is 2.28. The summed E-state index contributed by atoms with van der Waals surface area (Å²) in [6.45, 7) is 5.75. The van der Waals surface area contributed by atoms with E-state index in [1.807, 2.05) is 13.8 Å². The Hall–Kier alpha value is -0.700. The van der Waals surface area contributed by atoms with Gasteiger partial charge in [-0.25, -0.2) is 13.1 Å². The molecule has 0 aromatic carbocycles. The van der Waals surface area contributed by atoms with Gasteiger partial charge in [-0.15, -0.1) is 0 Å². The number of hydrogen-bond donors (Lipinski definition) is 2. The van der Waals surface area contributed by atoms with Gasteiger partial charge in [-0.3, -0.25) is 4.79 Å². The zero-order chi connectivity index (χ0) is 13.6. The largest absolute Gasteiger partial charge is 0.376 e. The van der Waals surface area contributed by atoms with Crippen molar-refractivity contribution in [3.8, 4) is 0 Å². The van der Waals surface area contributed by atoms with E-state index < -0.39 is 15.6 Å². The molecule has 1 aromatic rings. The third kappa shape index (κ3) is 2.37. The van der Waals surface area contributed by atoms with Crippen LogP contribution in [0, 0.1) is 6.92 Å². The van der Waals surface area contributed by atoms with Gasteiger partial charge in [0.1, 0.15) is 0 Å². The zero-order valence-electron chi connectivity index (χ0n) is 10.4. The standard InChI is InChI=1S/C10H16N2O4S2/c1-6-8(17-9(13)11-6)18(14,15)12-10(3)4-5-16-7(10)2/h7,12H,4-5H2,1-3H3,(H,11,13). The van der Waals surface area contributed by atoms with Crippen LogP contribution in [0.4, 0.5) is 0 Å². The first-order valence-electron chi connectivity index (χ1n) is 5.60. The molecule has 18 heavy (non-hydrogen) atoms. The normalized spacial score (nSPS) is 28.7. The number of aromatic amines is 1. The maximum atomic E-state index is 12.3. The van der Waals surface area contributed by atoms with Gasteiger partial charge in [0.15, 0.2) is 4.21 Å². The van der Waals surface area contributed by atoms with E-state index in [1.165, 1.54) is 0 Å². The lowest BCUT2D eigenvalue weighted by Gasteiger charge is -2.28. The summed E-state index contributed by atoms with van der Waals surface area (Å²) in [5.74, 6) is 0. The molecule has 0 aliphatic carbocycles. The monoisotopic (exact) mass is 292 g/mol. The van der Waals surface area contributed by atoms with Crippen molar-refractivity contribution in [3.05, 3.63) is 15.4 Å². The van der Waals surface area contributed by atoms with E-state index in [2.05, 4.69) is 9.71 Å². The number of thiazole rings is 1.